The van der Waals surface area contributed by atoms with Crippen LogP contribution in [0.15, 0.2) is 24.3 Å². The number of benzene rings is 1. The fourth-order valence-electron chi connectivity index (χ4n) is 1.94. The van der Waals surface area contributed by atoms with E-state index in [-0.39, 0.29) is 19.4 Å². The lowest BCUT2D eigenvalue weighted by atomic mass is 9.82. The predicted molar refractivity (Wildman–Crippen MR) is 73.4 cm³/mol. The van der Waals surface area contributed by atoms with E-state index in [0.717, 1.165) is 5.56 Å². The molecular formula is C15H20O5. The van der Waals surface area contributed by atoms with Gasteiger partial charge in [0, 0.05) is 0 Å². The van der Waals surface area contributed by atoms with Gasteiger partial charge in [0.1, 0.15) is 12.4 Å². The first-order valence-electron chi connectivity index (χ1n) is 6.53. The van der Waals surface area contributed by atoms with E-state index in [9.17, 15) is 14.7 Å². The molecule has 5 heteroatoms. The molecule has 0 heterocycles. The maximum absolute atomic E-state index is 12.0. The second kappa shape index (κ2) is 6.93. The maximum atomic E-state index is 12.0. The molecule has 0 aliphatic rings. The fraction of sp³-hybridized carbons (Fsp3) is 0.467. The summed E-state index contributed by atoms with van der Waals surface area (Å²) in [5.74, 6) is -1.12. The SMILES string of the molecule is CCC(CC)(C(=O)O)C(=O)OCc1ccc(OC)cc1. The number of methoxy groups -OCH3 is 1. The number of carbonyl (C=O) groups excluding carboxylic acids is 1. The number of carboxylic acid groups (broad SMARTS) is 1. The van der Waals surface area contributed by atoms with E-state index >= 15 is 0 Å². The quantitative estimate of drug-likeness (QED) is 0.614. The maximum Gasteiger partial charge on any atom is 0.323 e. The summed E-state index contributed by atoms with van der Waals surface area (Å²) in [7, 11) is 1.57. The summed E-state index contributed by atoms with van der Waals surface area (Å²) < 4.78 is 10.2. The van der Waals surface area contributed by atoms with Crippen molar-refractivity contribution >= 4 is 11.9 Å². The van der Waals surface area contributed by atoms with Crippen molar-refractivity contribution in [3.05, 3.63) is 29.8 Å². The molecule has 0 atom stereocenters. The Bertz CT molecular complexity index is 460. The lowest BCUT2D eigenvalue weighted by molar-refractivity contribution is -0.170. The number of rotatable bonds is 7. The van der Waals surface area contributed by atoms with E-state index in [1.165, 1.54) is 0 Å². The summed E-state index contributed by atoms with van der Waals surface area (Å²) in [5.41, 5.74) is -0.669. The molecule has 1 N–H and O–H groups in total. The van der Waals surface area contributed by atoms with Crippen molar-refractivity contribution in [2.75, 3.05) is 7.11 Å². The van der Waals surface area contributed by atoms with Crippen LogP contribution in [0.1, 0.15) is 32.3 Å². The number of carboxylic acids is 1. The number of esters is 1. The van der Waals surface area contributed by atoms with Crippen molar-refractivity contribution in [2.24, 2.45) is 5.41 Å². The summed E-state index contributed by atoms with van der Waals surface area (Å²) >= 11 is 0. The van der Waals surface area contributed by atoms with Gasteiger partial charge in [-0.25, -0.2) is 0 Å². The van der Waals surface area contributed by atoms with Crippen LogP contribution in [0.5, 0.6) is 5.75 Å². The minimum Gasteiger partial charge on any atom is -0.497 e. The van der Waals surface area contributed by atoms with Gasteiger partial charge in [-0.1, -0.05) is 26.0 Å². The van der Waals surface area contributed by atoms with Gasteiger partial charge in [0.2, 0.25) is 0 Å². The van der Waals surface area contributed by atoms with Gasteiger partial charge in [-0.15, -0.1) is 0 Å². The number of hydrogen-bond acceptors (Lipinski definition) is 4. The zero-order valence-corrected chi connectivity index (χ0v) is 12.0. The van der Waals surface area contributed by atoms with Crippen LogP contribution in [0.3, 0.4) is 0 Å². The molecule has 0 fully saturated rings. The molecule has 0 amide bonds. The standard InChI is InChI=1S/C15H20O5/c1-4-15(5-2,13(16)17)14(18)20-10-11-6-8-12(19-3)9-7-11/h6-9H,4-5,10H2,1-3H3,(H,16,17). The lowest BCUT2D eigenvalue weighted by Gasteiger charge is -2.24. The van der Waals surface area contributed by atoms with Crippen molar-refractivity contribution in [3.63, 3.8) is 0 Å². The Labute approximate surface area is 118 Å². The Kier molecular flexibility index (Phi) is 5.55. The second-order valence-electron chi connectivity index (χ2n) is 4.52. The predicted octanol–water partition coefficient (Wildman–Crippen LogP) is 2.63. The van der Waals surface area contributed by atoms with Crippen LogP contribution in [-0.2, 0) is 20.9 Å². The Balaban J connectivity index is 2.72. The average molecular weight is 280 g/mol. The molecule has 1 aromatic rings. The Morgan fingerprint density at radius 1 is 1.15 bits per heavy atom. The summed E-state index contributed by atoms with van der Waals surface area (Å²) in [4.78, 5) is 23.3. The molecule has 20 heavy (non-hydrogen) atoms. The van der Waals surface area contributed by atoms with E-state index in [1.54, 1.807) is 45.2 Å². The first kappa shape index (κ1) is 16.0. The molecule has 5 nitrogen and oxygen atoms in total. The van der Waals surface area contributed by atoms with Gasteiger partial charge in [0.05, 0.1) is 7.11 Å². The minimum absolute atomic E-state index is 0.0534. The largest absolute Gasteiger partial charge is 0.497 e. The summed E-state index contributed by atoms with van der Waals surface area (Å²) in [5, 5.41) is 9.24. The lowest BCUT2D eigenvalue weighted by Crippen LogP contribution is -2.39. The number of carbonyl (C=O) groups is 2. The van der Waals surface area contributed by atoms with E-state index in [0.29, 0.717) is 5.75 Å². The summed E-state index contributed by atoms with van der Waals surface area (Å²) in [6.45, 7) is 3.40. The Morgan fingerprint density at radius 2 is 1.70 bits per heavy atom. The molecule has 0 spiro atoms. The summed E-state index contributed by atoms with van der Waals surface area (Å²) in [6.07, 6.45) is 0.417. The first-order chi connectivity index (χ1) is 9.50. The molecule has 110 valence electrons. The van der Waals surface area contributed by atoms with E-state index in [4.69, 9.17) is 9.47 Å². The van der Waals surface area contributed by atoms with E-state index < -0.39 is 17.4 Å². The molecule has 0 saturated carbocycles. The van der Waals surface area contributed by atoms with Gasteiger partial charge < -0.3 is 14.6 Å². The van der Waals surface area contributed by atoms with Gasteiger partial charge in [-0.2, -0.15) is 0 Å². The Morgan fingerprint density at radius 3 is 2.10 bits per heavy atom. The second-order valence-corrected chi connectivity index (χ2v) is 4.52. The third-order valence-corrected chi connectivity index (χ3v) is 3.54. The zero-order chi connectivity index (χ0) is 15.2. The van der Waals surface area contributed by atoms with Crippen LogP contribution in [-0.4, -0.2) is 24.2 Å². The monoisotopic (exact) mass is 280 g/mol. The zero-order valence-electron chi connectivity index (χ0n) is 12.0. The first-order valence-corrected chi connectivity index (χ1v) is 6.53. The van der Waals surface area contributed by atoms with Crippen LogP contribution in [0, 0.1) is 5.41 Å². The van der Waals surface area contributed by atoms with Crippen LogP contribution >= 0.6 is 0 Å². The van der Waals surface area contributed by atoms with Gasteiger partial charge >= 0.3 is 11.9 Å². The molecule has 0 unspecified atom stereocenters. The van der Waals surface area contributed by atoms with Gasteiger partial charge in [0.25, 0.3) is 0 Å². The molecule has 0 aliphatic carbocycles. The topological polar surface area (TPSA) is 72.8 Å². The van der Waals surface area contributed by atoms with Crippen LogP contribution in [0.2, 0.25) is 0 Å². The third-order valence-electron chi connectivity index (χ3n) is 3.54. The minimum atomic E-state index is -1.45. The normalized spacial score (nSPS) is 10.9. The highest BCUT2D eigenvalue weighted by atomic mass is 16.5. The Hall–Kier alpha value is -2.04. The van der Waals surface area contributed by atoms with Crippen molar-refractivity contribution < 1.29 is 24.2 Å². The highest BCUT2D eigenvalue weighted by molar-refractivity contribution is 5.99. The molecule has 0 bridgehead atoms. The van der Waals surface area contributed by atoms with Crippen molar-refractivity contribution in [2.45, 2.75) is 33.3 Å². The molecule has 1 aromatic carbocycles. The van der Waals surface area contributed by atoms with Gasteiger partial charge in [-0.05, 0) is 30.5 Å². The van der Waals surface area contributed by atoms with E-state index in [1.807, 2.05) is 0 Å². The smallest absolute Gasteiger partial charge is 0.323 e. The van der Waals surface area contributed by atoms with Crippen molar-refractivity contribution in [3.8, 4) is 5.75 Å². The average Bonchev–Trinajstić information content (AvgIpc) is 2.47. The van der Waals surface area contributed by atoms with Crippen LogP contribution < -0.4 is 4.74 Å². The van der Waals surface area contributed by atoms with Crippen LogP contribution in [0.4, 0.5) is 0 Å². The number of ether oxygens (including phenoxy) is 2. The fourth-order valence-corrected chi connectivity index (χ4v) is 1.94. The highest BCUT2D eigenvalue weighted by Crippen LogP contribution is 2.29. The molecule has 0 saturated heterocycles. The van der Waals surface area contributed by atoms with Crippen molar-refractivity contribution in [1.29, 1.82) is 0 Å². The third kappa shape index (κ3) is 3.29. The number of aliphatic carboxylic acids is 1. The molecule has 0 aromatic heterocycles. The van der Waals surface area contributed by atoms with Gasteiger partial charge in [-0.3, -0.25) is 9.59 Å². The van der Waals surface area contributed by atoms with E-state index in [2.05, 4.69) is 0 Å². The molecule has 0 aliphatic heterocycles. The van der Waals surface area contributed by atoms with Crippen LogP contribution in [0.25, 0.3) is 0 Å². The highest BCUT2D eigenvalue weighted by Gasteiger charge is 2.44. The molecular weight excluding hydrogens is 260 g/mol. The molecule has 1 rings (SSSR count). The van der Waals surface area contributed by atoms with Crippen molar-refractivity contribution in [1.82, 2.24) is 0 Å². The summed E-state index contributed by atoms with van der Waals surface area (Å²) in [6, 6.07) is 7.05. The number of hydrogen-bond donors (Lipinski definition) is 1. The van der Waals surface area contributed by atoms with Gasteiger partial charge in [0.15, 0.2) is 5.41 Å². The molecule has 0 radical (unpaired) electrons.